The van der Waals surface area contributed by atoms with Gasteiger partial charge in [0, 0.05) is 6.42 Å². The predicted molar refractivity (Wildman–Crippen MR) is 87.7 cm³/mol. The van der Waals surface area contributed by atoms with E-state index in [1.807, 2.05) is 36.4 Å². The minimum absolute atomic E-state index is 0.227. The van der Waals surface area contributed by atoms with Gasteiger partial charge in [0.15, 0.2) is 0 Å². The largest absolute Gasteiger partial charge is 0.494 e. The predicted octanol–water partition coefficient (Wildman–Crippen LogP) is 2.19. The number of carbonyl (C=O) groups excluding carboxylic acids is 2. The Hall–Kier alpha value is -2.82. The van der Waals surface area contributed by atoms with Crippen molar-refractivity contribution in [1.29, 1.82) is 0 Å². The highest BCUT2D eigenvalue weighted by Gasteiger charge is 2.19. The molecule has 0 radical (unpaired) electrons. The number of ether oxygens (including phenoxy) is 1. The van der Waals surface area contributed by atoms with E-state index in [-0.39, 0.29) is 12.3 Å². The van der Waals surface area contributed by atoms with Gasteiger partial charge >= 0.3 is 0 Å². The van der Waals surface area contributed by atoms with E-state index in [9.17, 15) is 9.59 Å². The number of nitrogens with one attached hydrogen (secondary N) is 1. The van der Waals surface area contributed by atoms with Gasteiger partial charge in [-0.1, -0.05) is 48.5 Å². The molecule has 0 spiro atoms. The fraction of sp³-hybridized carbons (Fsp3) is 0.222. The molecule has 0 aliphatic heterocycles. The number of rotatable bonds is 8. The summed E-state index contributed by atoms with van der Waals surface area (Å²) in [7, 11) is 0. The second kappa shape index (κ2) is 8.58. The Bertz CT molecular complexity index is 629. The van der Waals surface area contributed by atoms with Crippen molar-refractivity contribution in [3.05, 3.63) is 66.2 Å². The molecule has 1 unspecified atom stereocenters. The number of carbonyl (C=O) groups is 2. The van der Waals surface area contributed by atoms with E-state index >= 15 is 0 Å². The van der Waals surface area contributed by atoms with Crippen LogP contribution in [0.4, 0.5) is 0 Å². The molecule has 1 atom stereocenters. The van der Waals surface area contributed by atoms with E-state index in [2.05, 4.69) is 5.32 Å². The van der Waals surface area contributed by atoms with Crippen LogP contribution in [0.3, 0.4) is 0 Å². The van der Waals surface area contributed by atoms with Crippen molar-refractivity contribution in [3.8, 4) is 5.75 Å². The molecule has 0 saturated carbocycles. The molecule has 5 heteroatoms. The first-order valence-electron chi connectivity index (χ1n) is 7.48. The lowest BCUT2D eigenvalue weighted by molar-refractivity contribution is -0.127. The minimum atomic E-state index is -0.807. The van der Waals surface area contributed by atoms with Gasteiger partial charge in [-0.25, -0.2) is 0 Å². The Labute approximate surface area is 135 Å². The molecule has 0 aliphatic carbocycles. The third-order valence-electron chi connectivity index (χ3n) is 3.28. The van der Waals surface area contributed by atoms with E-state index in [1.165, 1.54) is 0 Å². The summed E-state index contributed by atoms with van der Waals surface area (Å²) in [6, 6.07) is 17.5. The van der Waals surface area contributed by atoms with Crippen molar-refractivity contribution in [2.45, 2.75) is 18.9 Å². The normalized spacial score (nSPS) is 11.5. The molecule has 5 nitrogen and oxygen atoms in total. The quantitative estimate of drug-likeness (QED) is 0.733. The zero-order valence-corrected chi connectivity index (χ0v) is 12.8. The van der Waals surface area contributed by atoms with Crippen molar-refractivity contribution in [2.24, 2.45) is 5.73 Å². The second-order valence-corrected chi connectivity index (χ2v) is 5.08. The molecule has 2 amide bonds. The molecule has 0 saturated heterocycles. The molecular weight excluding hydrogens is 292 g/mol. The van der Waals surface area contributed by atoms with Crippen LogP contribution in [0.15, 0.2) is 60.7 Å². The Morgan fingerprint density at radius 3 is 2.22 bits per heavy atom. The molecule has 0 heterocycles. The minimum Gasteiger partial charge on any atom is -0.494 e. The van der Waals surface area contributed by atoms with Crippen LogP contribution >= 0.6 is 0 Å². The second-order valence-electron chi connectivity index (χ2n) is 5.08. The van der Waals surface area contributed by atoms with Crippen molar-refractivity contribution >= 4 is 11.8 Å². The summed E-state index contributed by atoms with van der Waals surface area (Å²) in [5, 5.41) is 2.66. The van der Waals surface area contributed by atoms with Gasteiger partial charge in [0.25, 0.3) is 0 Å². The van der Waals surface area contributed by atoms with Crippen LogP contribution in [0.25, 0.3) is 0 Å². The standard InChI is InChI=1S/C18H20N2O3/c19-18(22)17(14-8-3-1-4-9-14)20-16(21)12-7-13-23-15-10-5-2-6-11-15/h1-6,8-11,17H,7,12-13H2,(H2,19,22)(H,20,21). The SMILES string of the molecule is NC(=O)C(NC(=O)CCCOc1ccccc1)c1ccccc1. The average Bonchev–Trinajstić information content (AvgIpc) is 2.58. The molecule has 0 bridgehead atoms. The van der Waals surface area contributed by atoms with Crippen molar-refractivity contribution in [2.75, 3.05) is 6.61 Å². The lowest BCUT2D eigenvalue weighted by Crippen LogP contribution is -2.37. The van der Waals surface area contributed by atoms with E-state index in [1.54, 1.807) is 24.3 Å². The third kappa shape index (κ3) is 5.47. The average molecular weight is 312 g/mol. The number of benzene rings is 2. The molecule has 2 aromatic carbocycles. The number of hydrogen-bond donors (Lipinski definition) is 2. The maximum atomic E-state index is 12.0. The first-order chi connectivity index (χ1) is 11.2. The molecule has 2 aromatic rings. The highest BCUT2D eigenvalue weighted by Crippen LogP contribution is 2.12. The highest BCUT2D eigenvalue weighted by molar-refractivity contribution is 5.87. The molecule has 120 valence electrons. The van der Waals surface area contributed by atoms with Crippen molar-refractivity contribution < 1.29 is 14.3 Å². The third-order valence-corrected chi connectivity index (χ3v) is 3.28. The molecule has 0 aromatic heterocycles. The van der Waals surface area contributed by atoms with Crippen LogP contribution in [0.1, 0.15) is 24.4 Å². The maximum Gasteiger partial charge on any atom is 0.244 e. The Kier molecular flexibility index (Phi) is 6.17. The summed E-state index contributed by atoms with van der Waals surface area (Å²) < 4.78 is 5.52. The van der Waals surface area contributed by atoms with Gasteiger partial charge in [0.2, 0.25) is 11.8 Å². The van der Waals surface area contributed by atoms with Crippen LogP contribution in [0.5, 0.6) is 5.75 Å². The molecule has 0 aliphatic rings. The number of para-hydroxylation sites is 1. The van der Waals surface area contributed by atoms with Gasteiger partial charge in [0.05, 0.1) is 6.61 Å². The molecule has 0 fully saturated rings. The topological polar surface area (TPSA) is 81.4 Å². The lowest BCUT2D eigenvalue weighted by atomic mass is 10.1. The van der Waals surface area contributed by atoms with E-state index in [4.69, 9.17) is 10.5 Å². The Morgan fingerprint density at radius 2 is 1.61 bits per heavy atom. The summed E-state index contributed by atoms with van der Waals surface area (Å²) in [6.07, 6.45) is 0.824. The van der Waals surface area contributed by atoms with Gasteiger partial charge in [-0.15, -0.1) is 0 Å². The first-order valence-corrected chi connectivity index (χ1v) is 7.48. The lowest BCUT2D eigenvalue weighted by Gasteiger charge is -2.15. The van der Waals surface area contributed by atoms with Crippen molar-refractivity contribution in [1.82, 2.24) is 5.32 Å². The highest BCUT2D eigenvalue weighted by atomic mass is 16.5. The maximum absolute atomic E-state index is 12.0. The number of primary amides is 1. The Morgan fingerprint density at radius 1 is 1.00 bits per heavy atom. The van der Waals surface area contributed by atoms with Crippen LogP contribution in [-0.4, -0.2) is 18.4 Å². The summed E-state index contributed by atoms with van der Waals surface area (Å²) in [4.78, 5) is 23.5. The molecule has 2 rings (SSSR count). The molecular formula is C18H20N2O3. The van der Waals surface area contributed by atoms with Gasteiger partial charge in [-0.05, 0) is 24.1 Å². The van der Waals surface area contributed by atoms with E-state index < -0.39 is 11.9 Å². The Balaban J connectivity index is 1.77. The van der Waals surface area contributed by atoms with Crippen LogP contribution in [-0.2, 0) is 9.59 Å². The van der Waals surface area contributed by atoms with Gasteiger partial charge in [0.1, 0.15) is 11.8 Å². The first kappa shape index (κ1) is 16.5. The van der Waals surface area contributed by atoms with Crippen LogP contribution < -0.4 is 15.8 Å². The fourth-order valence-corrected chi connectivity index (χ4v) is 2.14. The summed E-state index contributed by atoms with van der Waals surface area (Å²) in [5.41, 5.74) is 6.04. The van der Waals surface area contributed by atoms with Gasteiger partial charge < -0.3 is 15.8 Å². The molecule has 3 N–H and O–H groups in total. The van der Waals surface area contributed by atoms with Gasteiger partial charge in [-0.2, -0.15) is 0 Å². The summed E-state index contributed by atoms with van der Waals surface area (Å²) in [5.74, 6) is -0.0355. The van der Waals surface area contributed by atoms with Crippen LogP contribution in [0, 0.1) is 0 Å². The van der Waals surface area contributed by atoms with Crippen molar-refractivity contribution in [3.63, 3.8) is 0 Å². The van der Waals surface area contributed by atoms with Crippen LogP contribution in [0.2, 0.25) is 0 Å². The van der Waals surface area contributed by atoms with E-state index in [0.29, 0.717) is 18.6 Å². The number of amides is 2. The smallest absolute Gasteiger partial charge is 0.244 e. The van der Waals surface area contributed by atoms with Gasteiger partial charge in [-0.3, -0.25) is 9.59 Å². The molecule has 23 heavy (non-hydrogen) atoms. The summed E-state index contributed by atoms with van der Waals surface area (Å²) in [6.45, 7) is 0.435. The fourth-order valence-electron chi connectivity index (χ4n) is 2.14. The monoisotopic (exact) mass is 312 g/mol. The zero-order valence-electron chi connectivity index (χ0n) is 12.8. The summed E-state index contributed by atoms with van der Waals surface area (Å²) >= 11 is 0. The van der Waals surface area contributed by atoms with E-state index in [0.717, 1.165) is 5.75 Å². The number of hydrogen-bond acceptors (Lipinski definition) is 3. The number of nitrogens with two attached hydrogens (primary N) is 1. The zero-order chi connectivity index (χ0) is 16.5.